The molecular formula is C23H35N7O. The van der Waals surface area contributed by atoms with Gasteiger partial charge in [-0.15, -0.1) is 0 Å². The molecule has 8 heteroatoms. The molecule has 4 rings (SSSR count). The Balaban J connectivity index is 1.27. The van der Waals surface area contributed by atoms with E-state index in [1.54, 1.807) is 19.6 Å². The summed E-state index contributed by atoms with van der Waals surface area (Å²) >= 11 is 0. The topological polar surface area (TPSA) is 96.9 Å². The van der Waals surface area contributed by atoms with Gasteiger partial charge in [0.25, 0.3) is 0 Å². The van der Waals surface area contributed by atoms with Crippen LogP contribution in [0.25, 0.3) is 11.4 Å². The molecule has 2 aliphatic carbocycles. The molecule has 2 saturated carbocycles. The second-order valence-corrected chi connectivity index (χ2v) is 9.26. The molecule has 0 amide bonds. The zero-order valence-corrected chi connectivity index (χ0v) is 18.7. The Morgan fingerprint density at radius 3 is 2.68 bits per heavy atom. The second-order valence-electron chi connectivity index (χ2n) is 9.26. The molecule has 0 bridgehead atoms. The minimum Gasteiger partial charge on any atom is -0.383 e. The van der Waals surface area contributed by atoms with E-state index in [2.05, 4.69) is 42.8 Å². The summed E-state index contributed by atoms with van der Waals surface area (Å²) in [6, 6.07) is 4.49. The summed E-state index contributed by atoms with van der Waals surface area (Å²) in [6.07, 6.45) is 10.8. The summed E-state index contributed by atoms with van der Waals surface area (Å²) in [5, 5.41) is 10.5. The predicted molar refractivity (Wildman–Crippen MR) is 123 cm³/mol. The molecule has 8 nitrogen and oxygen atoms in total. The van der Waals surface area contributed by atoms with Gasteiger partial charge in [0.2, 0.25) is 5.95 Å². The first-order valence-corrected chi connectivity index (χ1v) is 11.5. The smallest absolute Gasteiger partial charge is 0.223 e. The van der Waals surface area contributed by atoms with Crippen molar-refractivity contribution in [1.82, 2.24) is 25.3 Å². The molecule has 0 aliphatic heterocycles. The number of nitrogens with one attached hydrogen (secondary N) is 3. The highest BCUT2D eigenvalue weighted by molar-refractivity contribution is 5.59. The minimum absolute atomic E-state index is 0.427. The highest BCUT2D eigenvalue weighted by Gasteiger charge is 2.36. The Morgan fingerprint density at radius 1 is 1.06 bits per heavy atom. The molecule has 2 aromatic rings. The van der Waals surface area contributed by atoms with Crippen molar-refractivity contribution in [3.05, 3.63) is 24.7 Å². The molecule has 0 aromatic carbocycles. The number of aromatic nitrogens is 4. The molecule has 3 N–H and O–H groups in total. The number of hydrogen-bond donors (Lipinski definition) is 3. The summed E-state index contributed by atoms with van der Waals surface area (Å²) in [5.74, 6) is 2.17. The van der Waals surface area contributed by atoms with Crippen LogP contribution in [0, 0.1) is 11.3 Å². The SMILES string of the molecule is COCCNC1CCC(CNc2nccc(-c3cc(NCC4(C)CC4)ncn3)n2)CC1. The fourth-order valence-electron chi connectivity index (χ4n) is 4.05. The van der Waals surface area contributed by atoms with E-state index < -0.39 is 0 Å². The molecule has 0 saturated heterocycles. The number of rotatable bonds is 11. The first-order valence-electron chi connectivity index (χ1n) is 11.5. The molecule has 2 fully saturated rings. The minimum atomic E-state index is 0.427. The van der Waals surface area contributed by atoms with Gasteiger partial charge in [-0.05, 0) is 55.9 Å². The van der Waals surface area contributed by atoms with Crippen molar-refractivity contribution >= 4 is 11.8 Å². The summed E-state index contributed by atoms with van der Waals surface area (Å²) < 4.78 is 5.12. The summed E-state index contributed by atoms with van der Waals surface area (Å²) in [5.41, 5.74) is 2.05. The van der Waals surface area contributed by atoms with Crippen LogP contribution in [-0.2, 0) is 4.74 Å². The van der Waals surface area contributed by atoms with Gasteiger partial charge >= 0.3 is 0 Å². The lowest BCUT2D eigenvalue weighted by Crippen LogP contribution is -2.36. The lowest BCUT2D eigenvalue weighted by molar-refractivity contribution is 0.189. The van der Waals surface area contributed by atoms with E-state index in [0.29, 0.717) is 23.3 Å². The molecule has 0 unspecified atom stereocenters. The van der Waals surface area contributed by atoms with Gasteiger partial charge in [0, 0.05) is 45.0 Å². The molecular weight excluding hydrogens is 390 g/mol. The third kappa shape index (κ3) is 6.58. The van der Waals surface area contributed by atoms with Crippen LogP contribution >= 0.6 is 0 Å². The standard InChI is InChI=1S/C23H35N7O/c1-23(8-9-23)15-27-21-13-20(28-16-29-21)19-7-10-25-22(30-19)26-14-17-3-5-18(6-4-17)24-11-12-31-2/h7,10,13,16-18,24H,3-6,8-9,11-12,14-15H2,1-2H3,(H,25,26,30)(H,27,28,29). The Morgan fingerprint density at radius 2 is 1.90 bits per heavy atom. The monoisotopic (exact) mass is 425 g/mol. The lowest BCUT2D eigenvalue weighted by atomic mass is 9.86. The van der Waals surface area contributed by atoms with Crippen molar-refractivity contribution < 1.29 is 4.74 Å². The van der Waals surface area contributed by atoms with Crippen molar-refractivity contribution in [2.75, 3.05) is 44.0 Å². The van der Waals surface area contributed by atoms with Crippen molar-refractivity contribution in [3.63, 3.8) is 0 Å². The van der Waals surface area contributed by atoms with Gasteiger partial charge < -0.3 is 20.7 Å². The van der Waals surface area contributed by atoms with E-state index in [-0.39, 0.29) is 0 Å². The van der Waals surface area contributed by atoms with Gasteiger partial charge in [-0.3, -0.25) is 0 Å². The fraction of sp³-hybridized carbons (Fsp3) is 0.652. The Labute approximate surface area is 185 Å². The average molecular weight is 426 g/mol. The van der Waals surface area contributed by atoms with E-state index >= 15 is 0 Å². The van der Waals surface area contributed by atoms with Gasteiger partial charge in [-0.25, -0.2) is 19.9 Å². The van der Waals surface area contributed by atoms with Crippen molar-refractivity contribution in [1.29, 1.82) is 0 Å². The van der Waals surface area contributed by atoms with Crippen LogP contribution < -0.4 is 16.0 Å². The fourth-order valence-corrected chi connectivity index (χ4v) is 4.05. The second kappa shape index (κ2) is 10.3. The van der Waals surface area contributed by atoms with Crippen LogP contribution in [0.3, 0.4) is 0 Å². The Hall–Kier alpha value is -2.32. The molecule has 2 aromatic heterocycles. The highest BCUT2D eigenvalue weighted by Crippen LogP contribution is 2.44. The Kier molecular flexibility index (Phi) is 7.29. The molecule has 168 valence electrons. The van der Waals surface area contributed by atoms with E-state index in [1.165, 1.54) is 38.5 Å². The van der Waals surface area contributed by atoms with Crippen molar-refractivity contribution in [3.8, 4) is 11.4 Å². The maximum Gasteiger partial charge on any atom is 0.223 e. The van der Waals surface area contributed by atoms with Crippen LogP contribution in [0.2, 0.25) is 0 Å². The van der Waals surface area contributed by atoms with Gasteiger partial charge in [-0.1, -0.05) is 6.92 Å². The summed E-state index contributed by atoms with van der Waals surface area (Å²) in [4.78, 5) is 17.9. The maximum absolute atomic E-state index is 5.12. The number of nitrogens with zero attached hydrogens (tertiary/aromatic N) is 4. The summed E-state index contributed by atoms with van der Waals surface area (Å²) in [7, 11) is 1.75. The number of hydrogen-bond acceptors (Lipinski definition) is 8. The molecule has 31 heavy (non-hydrogen) atoms. The normalized spacial score (nSPS) is 22.1. The Bertz CT molecular complexity index is 834. The molecule has 0 atom stereocenters. The molecule has 0 spiro atoms. The van der Waals surface area contributed by atoms with Crippen LogP contribution in [0.15, 0.2) is 24.7 Å². The largest absolute Gasteiger partial charge is 0.383 e. The number of anilines is 2. The van der Waals surface area contributed by atoms with Crippen LogP contribution in [0.4, 0.5) is 11.8 Å². The van der Waals surface area contributed by atoms with Gasteiger partial charge in [0.1, 0.15) is 12.1 Å². The van der Waals surface area contributed by atoms with Gasteiger partial charge in [0.05, 0.1) is 18.0 Å². The predicted octanol–water partition coefficient (Wildman–Crippen LogP) is 3.35. The van der Waals surface area contributed by atoms with Crippen molar-refractivity contribution in [2.24, 2.45) is 11.3 Å². The maximum atomic E-state index is 5.12. The van der Waals surface area contributed by atoms with E-state index in [1.807, 2.05) is 12.1 Å². The first kappa shape index (κ1) is 21.9. The number of ether oxygens (including phenoxy) is 1. The molecule has 0 radical (unpaired) electrons. The zero-order valence-electron chi connectivity index (χ0n) is 18.7. The first-order chi connectivity index (χ1) is 15.1. The molecule has 2 heterocycles. The van der Waals surface area contributed by atoms with E-state index in [9.17, 15) is 0 Å². The average Bonchev–Trinajstić information content (AvgIpc) is 3.55. The zero-order chi connectivity index (χ0) is 21.5. The quantitative estimate of drug-likeness (QED) is 0.472. The highest BCUT2D eigenvalue weighted by atomic mass is 16.5. The van der Waals surface area contributed by atoms with Crippen molar-refractivity contribution in [2.45, 2.75) is 51.5 Å². The lowest BCUT2D eigenvalue weighted by Gasteiger charge is -2.29. The van der Waals surface area contributed by atoms with Crippen LogP contribution in [-0.4, -0.2) is 59.3 Å². The van der Waals surface area contributed by atoms with Crippen LogP contribution in [0.1, 0.15) is 45.4 Å². The van der Waals surface area contributed by atoms with Gasteiger partial charge in [-0.2, -0.15) is 0 Å². The third-order valence-electron chi connectivity index (χ3n) is 6.52. The van der Waals surface area contributed by atoms with Crippen LogP contribution in [0.5, 0.6) is 0 Å². The number of methoxy groups -OCH3 is 1. The van der Waals surface area contributed by atoms with E-state index in [4.69, 9.17) is 4.74 Å². The summed E-state index contributed by atoms with van der Waals surface area (Å²) in [6.45, 7) is 5.87. The van der Waals surface area contributed by atoms with E-state index in [0.717, 1.165) is 43.4 Å². The molecule has 2 aliphatic rings. The van der Waals surface area contributed by atoms with Gasteiger partial charge in [0.15, 0.2) is 0 Å². The third-order valence-corrected chi connectivity index (χ3v) is 6.52.